The Hall–Kier alpha value is -2.45. The van der Waals surface area contributed by atoms with Gasteiger partial charge in [-0.3, -0.25) is 0 Å². The molecule has 9 heteroatoms. The molecule has 3 aromatic carbocycles. The van der Waals surface area contributed by atoms with E-state index >= 15 is 0 Å². The van der Waals surface area contributed by atoms with E-state index in [1.54, 1.807) is 54.6 Å². The molecule has 0 aliphatic carbocycles. The van der Waals surface area contributed by atoms with Crippen molar-refractivity contribution < 1.29 is 19.1 Å². The van der Waals surface area contributed by atoms with Crippen LogP contribution in [0.15, 0.2) is 79.7 Å². The number of oxazole rings is 1. The van der Waals surface area contributed by atoms with Crippen molar-refractivity contribution in [3.05, 3.63) is 91.2 Å². The summed E-state index contributed by atoms with van der Waals surface area (Å²) in [5.74, 6) is -0.484. The number of carboxylic acids is 1. The zero-order chi connectivity index (χ0) is 22.7. The van der Waals surface area contributed by atoms with Crippen molar-refractivity contribution in [2.75, 3.05) is 0 Å². The maximum atomic E-state index is 11.8. The highest BCUT2D eigenvalue weighted by molar-refractivity contribution is 9.10. The van der Waals surface area contributed by atoms with Crippen LogP contribution in [0.5, 0.6) is 5.75 Å². The van der Waals surface area contributed by atoms with Gasteiger partial charge in [-0.1, -0.05) is 47.5 Å². The molecule has 0 spiro atoms. The first-order valence-corrected chi connectivity index (χ1v) is 11.6. The SMILES string of the molecule is O=C(O)/C(=C/c1ccc(OCc2ccc(Cl)cc2Cl)c(Br)c1)Sc1nc2ccccc2o1. The molecule has 0 aliphatic rings. The number of carbonyl (C=O) groups is 1. The van der Waals surface area contributed by atoms with Crippen molar-refractivity contribution in [3.63, 3.8) is 0 Å². The van der Waals surface area contributed by atoms with Crippen molar-refractivity contribution in [3.8, 4) is 5.75 Å². The Labute approximate surface area is 206 Å². The first kappa shape index (κ1) is 22.7. The van der Waals surface area contributed by atoms with Gasteiger partial charge in [-0.15, -0.1) is 0 Å². The topological polar surface area (TPSA) is 72.6 Å². The predicted octanol–water partition coefficient (Wildman–Crippen LogP) is 7.69. The van der Waals surface area contributed by atoms with Gasteiger partial charge in [0.15, 0.2) is 5.58 Å². The number of ether oxygens (including phenoxy) is 1. The third-order valence-electron chi connectivity index (χ3n) is 4.33. The van der Waals surface area contributed by atoms with Gasteiger partial charge in [0.1, 0.15) is 22.8 Å². The lowest BCUT2D eigenvalue weighted by Crippen LogP contribution is -1.98. The second kappa shape index (κ2) is 10.0. The van der Waals surface area contributed by atoms with Gasteiger partial charge >= 0.3 is 5.97 Å². The molecule has 0 radical (unpaired) electrons. The molecule has 0 fully saturated rings. The monoisotopic (exact) mass is 549 g/mol. The molecule has 0 aliphatic heterocycles. The third kappa shape index (κ3) is 5.48. The van der Waals surface area contributed by atoms with Gasteiger partial charge < -0.3 is 14.3 Å². The Morgan fingerprint density at radius 3 is 2.69 bits per heavy atom. The third-order valence-corrected chi connectivity index (χ3v) is 6.40. The fourth-order valence-electron chi connectivity index (χ4n) is 2.79. The molecule has 0 atom stereocenters. The number of halogens is 3. The van der Waals surface area contributed by atoms with Gasteiger partial charge in [0.05, 0.1) is 4.47 Å². The number of benzene rings is 3. The first-order chi connectivity index (χ1) is 15.4. The average molecular weight is 551 g/mol. The van der Waals surface area contributed by atoms with E-state index in [1.165, 1.54) is 0 Å². The minimum atomic E-state index is -1.08. The number of nitrogens with zero attached hydrogens (tertiary/aromatic N) is 1. The van der Waals surface area contributed by atoms with Gasteiger partial charge in [-0.2, -0.15) is 0 Å². The summed E-state index contributed by atoms with van der Waals surface area (Å²) in [5.41, 5.74) is 2.75. The molecule has 1 heterocycles. The van der Waals surface area contributed by atoms with E-state index in [0.29, 0.717) is 36.9 Å². The molecular weight excluding hydrogens is 537 g/mol. The Morgan fingerprint density at radius 2 is 1.97 bits per heavy atom. The highest BCUT2D eigenvalue weighted by Gasteiger charge is 2.15. The van der Waals surface area contributed by atoms with Crippen molar-refractivity contribution in [2.45, 2.75) is 11.8 Å². The highest BCUT2D eigenvalue weighted by atomic mass is 79.9. The van der Waals surface area contributed by atoms with Crippen molar-refractivity contribution in [1.82, 2.24) is 4.98 Å². The largest absolute Gasteiger partial charge is 0.488 e. The lowest BCUT2D eigenvalue weighted by molar-refractivity contribution is -0.131. The molecule has 0 saturated heterocycles. The Balaban J connectivity index is 1.51. The van der Waals surface area contributed by atoms with Gasteiger partial charge in [-0.25, -0.2) is 9.78 Å². The molecule has 162 valence electrons. The number of aromatic nitrogens is 1. The van der Waals surface area contributed by atoms with Crippen molar-refractivity contribution in [2.24, 2.45) is 0 Å². The molecule has 4 aromatic rings. The second-order valence-electron chi connectivity index (χ2n) is 6.58. The summed E-state index contributed by atoms with van der Waals surface area (Å²) in [7, 11) is 0. The van der Waals surface area contributed by atoms with Crippen LogP contribution in [0.3, 0.4) is 0 Å². The van der Waals surface area contributed by atoms with Gasteiger partial charge in [0.2, 0.25) is 0 Å². The van der Waals surface area contributed by atoms with Gasteiger partial charge in [0, 0.05) is 15.6 Å². The van der Waals surface area contributed by atoms with Crippen LogP contribution >= 0.6 is 50.9 Å². The number of para-hydroxylation sites is 2. The molecule has 0 saturated carbocycles. The zero-order valence-electron chi connectivity index (χ0n) is 16.2. The van der Waals surface area contributed by atoms with Crippen LogP contribution in [-0.2, 0) is 11.4 Å². The smallest absolute Gasteiger partial charge is 0.342 e. The Bertz CT molecular complexity index is 1310. The summed E-state index contributed by atoms with van der Waals surface area (Å²) < 4.78 is 12.1. The number of thioether (sulfide) groups is 1. The van der Waals surface area contributed by atoms with E-state index in [-0.39, 0.29) is 16.7 Å². The van der Waals surface area contributed by atoms with Crippen LogP contribution in [0, 0.1) is 0 Å². The lowest BCUT2D eigenvalue weighted by atomic mass is 10.2. The molecule has 32 heavy (non-hydrogen) atoms. The second-order valence-corrected chi connectivity index (χ2v) is 9.27. The number of aliphatic carboxylic acids is 1. The average Bonchev–Trinajstić information content (AvgIpc) is 3.16. The van der Waals surface area contributed by atoms with Gasteiger partial charge in [0.25, 0.3) is 5.22 Å². The molecule has 1 aromatic heterocycles. The summed E-state index contributed by atoms with van der Waals surface area (Å²) in [6.07, 6.45) is 1.55. The molecule has 1 N–H and O–H groups in total. The minimum absolute atomic E-state index is 0.0741. The molecule has 0 amide bonds. The van der Waals surface area contributed by atoms with Crippen LogP contribution in [-0.4, -0.2) is 16.1 Å². The number of hydrogen-bond donors (Lipinski definition) is 1. The molecule has 4 rings (SSSR count). The summed E-state index contributed by atoms with van der Waals surface area (Å²) in [4.78, 5) is 16.2. The Morgan fingerprint density at radius 1 is 1.16 bits per heavy atom. The number of carboxylic acid groups (broad SMARTS) is 1. The maximum Gasteiger partial charge on any atom is 0.342 e. The van der Waals surface area contributed by atoms with E-state index in [1.807, 2.05) is 12.1 Å². The molecular formula is C23H14BrCl2NO4S. The summed E-state index contributed by atoms with van der Waals surface area (Å²) >= 11 is 16.5. The van der Waals surface area contributed by atoms with Crippen molar-refractivity contribution >= 4 is 74.0 Å². The minimum Gasteiger partial charge on any atom is -0.488 e. The Kier molecular flexibility index (Phi) is 7.10. The van der Waals surface area contributed by atoms with E-state index in [4.69, 9.17) is 32.4 Å². The van der Waals surface area contributed by atoms with E-state index < -0.39 is 5.97 Å². The van der Waals surface area contributed by atoms with Crippen LogP contribution in [0.4, 0.5) is 0 Å². The van der Waals surface area contributed by atoms with E-state index in [9.17, 15) is 9.90 Å². The van der Waals surface area contributed by atoms with Crippen LogP contribution in [0.25, 0.3) is 17.2 Å². The van der Waals surface area contributed by atoms with Crippen LogP contribution < -0.4 is 4.74 Å². The van der Waals surface area contributed by atoms with Crippen LogP contribution in [0.1, 0.15) is 11.1 Å². The predicted molar refractivity (Wildman–Crippen MR) is 130 cm³/mol. The summed E-state index contributed by atoms with van der Waals surface area (Å²) in [6, 6.07) is 17.8. The number of hydrogen-bond acceptors (Lipinski definition) is 5. The summed E-state index contributed by atoms with van der Waals surface area (Å²) in [6.45, 7) is 0.262. The quantitative estimate of drug-likeness (QED) is 0.188. The highest BCUT2D eigenvalue weighted by Crippen LogP contribution is 2.33. The standard InChI is InChI=1S/C23H14BrCl2NO4S/c24-16-9-13(5-8-19(16)30-12-14-6-7-15(25)11-17(14)26)10-21(22(28)29)32-23-27-18-3-1-2-4-20(18)31-23/h1-11H,12H2,(H,28,29)/b21-10-. The number of rotatable bonds is 7. The molecule has 0 unspecified atom stereocenters. The zero-order valence-corrected chi connectivity index (χ0v) is 20.1. The number of fused-ring (bicyclic) bond motifs is 1. The van der Waals surface area contributed by atoms with Crippen LogP contribution in [0.2, 0.25) is 10.0 Å². The lowest BCUT2D eigenvalue weighted by Gasteiger charge is -2.10. The molecule has 5 nitrogen and oxygen atoms in total. The van der Waals surface area contributed by atoms with E-state index in [0.717, 1.165) is 17.3 Å². The van der Waals surface area contributed by atoms with Gasteiger partial charge in [-0.05, 0) is 75.7 Å². The first-order valence-electron chi connectivity index (χ1n) is 9.24. The summed E-state index contributed by atoms with van der Waals surface area (Å²) in [5, 5.41) is 11.0. The fourth-order valence-corrected chi connectivity index (χ4v) is 4.51. The fraction of sp³-hybridized carbons (Fsp3) is 0.0435. The maximum absolute atomic E-state index is 11.8. The normalized spacial score (nSPS) is 11.7. The van der Waals surface area contributed by atoms with E-state index in [2.05, 4.69) is 20.9 Å². The molecule has 0 bridgehead atoms. The van der Waals surface area contributed by atoms with Crippen molar-refractivity contribution in [1.29, 1.82) is 0 Å².